The summed E-state index contributed by atoms with van der Waals surface area (Å²) in [5, 5.41) is 4.61. The molecule has 0 spiro atoms. The molecule has 1 atom stereocenters. The summed E-state index contributed by atoms with van der Waals surface area (Å²) in [6, 6.07) is 3.84. The molecule has 0 bridgehead atoms. The van der Waals surface area contributed by atoms with E-state index in [1.165, 1.54) is 0 Å². The number of hydrogen-bond donors (Lipinski definition) is 0. The van der Waals surface area contributed by atoms with E-state index in [1.54, 1.807) is 16.9 Å². The van der Waals surface area contributed by atoms with Gasteiger partial charge in [-0.25, -0.2) is 9.67 Å². The normalized spacial score (nSPS) is 18.8. The van der Waals surface area contributed by atoms with Crippen LogP contribution in [0.3, 0.4) is 0 Å². The zero-order valence-electron chi connectivity index (χ0n) is 15.7. The second-order valence-electron chi connectivity index (χ2n) is 7.92. The van der Waals surface area contributed by atoms with Gasteiger partial charge in [0.2, 0.25) is 0 Å². The zero-order chi connectivity index (χ0) is 18.0. The van der Waals surface area contributed by atoms with Crippen LogP contribution in [0.2, 0.25) is 0 Å². The van der Waals surface area contributed by atoms with E-state index in [4.69, 9.17) is 4.42 Å². The van der Waals surface area contributed by atoms with E-state index in [-0.39, 0.29) is 11.0 Å². The molecule has 0 radical (unpaired) electrons. The molecule has 6 heteroatoms. The predicted octanol–water partition coefficient (Wildman–Crippen LogP) is 2.54. The third-order valence-electron chi connectivity index (χ3n) is 4.83. The van der Waals surface area contributed by atoms with Crippen molar-refractivity contribution in [2.45, 2.75) is 65.0 Å². The van der Waals surface area contributed by atoms with Gasteiger partial charge >= 0.3 is 0 Å². The predicted molar refractivity (Wildman–Crippen MR) is 96.7 cm³/mol. The number of oxazole rings is 1. The molecular weight excluding hydrogens is 316 g/mol. The van der Waals surface area contributed by atoms with Gasteiger partial charge in [0.05, 0.1) is 18.4 Å². The van der Waals surface area contributed by atoms with Gasteiger partial charge in [0.1, 0.15) is 5.76 Å². The topological polar surface area (TPSA) is 64.2 Å². The fourth-order valence-corrected chi connectivity index (χ4v) is 3.35. The number of rotatable bonds is 5. The van der Waals surface area contributed by atoms with E-state index in [0.717, 1.165) is 43.8 Å². The Kier molecular flexibility index (Phi) is 5.08. The summed E-state index contributed by atoms with van der Waals surface area (Å²) < 4.78 is 7.20. The Labute approximate surface area is 148 Å². The summed E-state index contributed by atoms with van der Waals surface area (Å²) in [5.41, 5.74) is 0.870. The van der Waals surface area contributed by atoms with Crippen LogP contribution in [0.1, 0.15) is 51.0 Å². The number of aromatic nitrogens is 3. The van der Waals surface area contributed by atoms with Gasteiger partial charge in [0.15, 0.2) is 5.89 Å². The average molecular weight is 344 g/mol. The Morgan fingerprint density at radius 3 is 2.80 bits per heavy atom. The molecule has 0 saturated carbocycles. The van der Waals surface area contributed by atoms with Crippen LogP contribution < -0.4 is 5.56 Å². The fourth-order valence-electron chi connectivity index (χ4n) is 3.35. The smallest absolute Gasteiger partial charge is 0.266 e. The maximum Gasteiger partial charge on any atom is 0.266 e. The van der Waals surface area contributed by atoms with Crippen molar-refractivity contribution in [1.29, 1.82) is 0 Å². The monoisotopic (exact) mass is 344 g/mol. The average Bonchev–Trinajstić information content (AvgIpc) is 3.15. The first-order chi connectivity index (χ1) is 11.8. The van der Waals surface area contributed by atoms with E-state index in [9.17, 15) is 4.79 Å². The van der Waals surface area contributed by atoms with Crippen LogP contribution in [0.15, 0.2) is 27.5 Å². The van der Waals surface area contributed by atoms with E-state index in [0.29, 0.717) is 18.5 Å². The first-order valence-corrected chi connectivity index (χ1v) is 9.07. The van der Waals surface area contributed by atoms with Crippen molar-refractivity contribution in [2.24, 2.45) is 0 Å². The van der Waals surface area contributed by atoms with Gasteiger partial charge in [-0.15, -0.1) is 0 Å². The standard InChI is InChI=1S/C19H28N4O2/c1-14-20-12-16(25-14)9-11-22-10-5-6-15(22)13-23-18(24)8-7-17(21-23)19(2,3)4/h7-8,12,15H,5-6,9-11,13H2,1-4H3. The third-order valence-corrected chi connectivity index (χ3v) is 4.83. The van der Waals surface area contributed by atoms with Gasteiger partial charge in [-0.2, -0.15) is 5.10 Å². The molecular formula is C19H28N4O2. The fraction of sp³-hybridized carbons (Fsp3) is 0.632. The van der Waals surface area contributed by atoms with Crippen molar-refractivity contribution < 1.29 is 4.42 Å². The van der Waals surface area contributed by atoms with Crippen molar-refractivity contribution in [3.63, 3.8) is 0 Å². The molecule has 3 heterocycles. The molecule has 1 fully saturated rings. The highest BCUT2D eigenvalue weighted by Crippen LogP contribution is 2.21. The highest BCUT2D eigenvalue weighted by atomic mass is 16.4. The number of aryl methyl sites for hydroxylation is 1. The molecule has 1 unspecified atom stereocenters. The highest BCUT2D eigenvalue weighted by molar-refractivity contribution is 5.10. The van der Waals surface area contributed by atoms with Gasteiger partial charge < -0.3 is 4.42 Å². The van der Waals surface area contributed by atoms with Crippen LogP contribution in [0.5, 0.6) is 0 Å². The largest absolute Gasteiger partial charge is 0.446 e. The van der Waals surface area contributed by atoms with Crippen LogP contribution >= 0.6 is 0 Å². The van der Waals surface area contributed by atoms with Crippen LogP contribution in [0, 0.1) is 6.92 Å². The maximum atomic E-state index is 12.2. The van der Waals surface area contributed by atoms with Crippen molar-refractivity contribution in [1.82, 2.24) is 19.7 Å². The summed E-state index contributed by atoms with van der Waals surface area (Å²) in [6.45, 7) is 10.8. The molecule has 25 heavy (non-hydrogen) atoms. The Hall–Kier alpha value is -1.95. The van der Waals surface area contributed by atoms with Crippen LogP contribution in [-0.2, 0) is 18.4 Å². The molecule has 0 N–H and O–H groups in total. The van der Waals surface area contributed by atoms with E-state index in [2.05, 4.69) is 35.8 Å². The quantitative estimate of drug-likeness (QED) is 0.834. The maximum absolute atomic E-state index is 12.2. The summed E-state index contributed by atoms with van der Waals surface area (Å²) >= 11 is 0. The molecule has 2 aromatic rings. The first-order valence-electron chi connectivity index (χ1n) is 9.07. The minimum absolute atomic E-state index is 0.0225. The van der Waals surface area contributed by atoms with Gasteiger partial charge in [-0.3, -0.25) is 9.69 Å². The molecule has 2 aromatic heterocycles. The van der Waals surface area contributed by atoms with Crippen LogP contribution in [0.4, 0.5) is 0 Å². The highest BCUT2D eigenvalue weighted by Gasteiger charge is 2.26. The second kappa shape index (κ2) is 7.12. The third kappa shape index (κ3) is 4.37. The molecule has 136 valence electrons. The zero-order valence-corrected chi connectivity index (χ0v) is 15.7. The van der Waals surface area contributed by atoms with Crippen LogP contribution in [-0.4, -0.2) is 38.8 Å². The Morgan fingerprint density at radius 1 is 1.32 bits per heavy atom. The molecule has 3 rings (SSSR count). The van der Waals surface area contributed by atoms with Crippen LogP contribution in [0.25, 0.3) is 0 Å². The lowest BCUT2D eigenvalue weighted by molar-refractivity contribution is 0.221. The number of nitrogens with zero attached hydrogens (tertiary/aromatic N) is 4. The second-order valence-corrected chi connectivity index (χ2v) is 7.92. The number of likely N-dealkylation sites (tertiary alicyclic amines) is 1. The summed E-state index contributed by atoms with van der Waals surface area (Å²) in [6.07, 6.45) is 4.91. The van der Waals surface area contributed by atoms with Crippen molar-refractivity contribution in [2.75, 3.05) is 13.1 Å². The van der Waals surface area contributed by atoms with Crippen molar-refractivity contribution in [3.8, 4) is 0 Å². The lowest BCUT2D eigenvalue weighted by Gasteiger charge is -2.25. The molecule has 6 nitrogen and oxygen atoms in total. The molecule has 0 amide bonds. The lowest BCUT2D eigenvalue weighted by atomic mass is 9.92. The van der Waals surface area contributed by atoms with Gasteiger partial charge in [0, 0.05) is 37.4 Å². The summed E-state index contributed by atoms with van der Waals surface area (Å²) in [7, 11) is 0. The molecule has 0 aromatic carbocycles. The molecule has 1 aliphatic heterocycles. The summed E-state index contributed by atoms with van der Waals surface area (Å²) in [5.74, 6) is 1.64. The summed E-state index contributed by atoms with van der Waals surface area (Å²) in [4.78, 5) is 18.8. The molecule has 0 aliphatic carbocycles. The van der Waals surface area contributed by atoms with Gasteiger partial charge in [-0.05, 0) is 25.5 Å². The van der Waals surface area contributed by atoms with Crippen molar-refractivity contribution >= 4 is 0 Å². The Balaban J connectivity index is 1.68. The Morgan fingerprint density at radius 2 is 2.12 bits per heavy atom. The van der Waals surface area contributed by atoms with E-state index in [1.807, 2.05) is 13.0 Å². The molecule has 1 aliphatic rings. The van der Waals surface area contributed by atoms with E-state index < -0.39 is 0 Å². The Bertz CT molecular complexity index is 772. The van der Waals surface area contributed by atoms with Gasteiger partial charge in [-0.1, -0.05) is 20.8 Å². The van der Waals surface area contributed by atoms with Gasteiger partial charge in [0.25, 0.3) is 5.56 Å². The first kappa shape index (κ1) is 17.9. The lowest BCUT2D eigenvalue weighted by Crippen LogP contribution is -2.38. The number of hydrogen-bond acceptors (Lipinski definition) is 5. The SMILES string of the molecule is Cc1ncc(CCN2CCCC2Cn2nc(C(C)(C)C)ccc2=O)o1. The molecule has 1 saturated heterocycles. The minimum Gasteiger partial charge on any atom is -0.446 e. The van der Waals surface area contributed by atoms with Crippen molar-refractivity contribution in [3.05, 3.63) is 46.0 Å². The minimum atomic E-state index is -0.0606. The van der Waals surface area contributed by atoms with E-state index >= 15 is 0 Å².